The van der Waals surface area contributed by atoms with Crippen LogP contribution in [0.15, 0.2) is 41.0 Å². The van der Waals surface area contributed by atoms with E-state index in [1.807, 2.05) is 43.3 Å². The van der Waals surface area contributed by atoms with Crippen molar-refractivity contribution in [1.82, 2.24) is 15.2 Å². The predicted octanol–water partition coefficient (Wildman–Crippen LogP) is 3.32. The number of benzene rings is 2. The van der Waals surface area contributed by atoms with Crippen molar-refractivity contribution >= 4 is 34.3 Å². The Labute approximate surface area is 162 Å². The van der Waals surface area contributed by atoms with E-state index in [1.54, 1.807) is 16.8 Å². The van der Waals surface area contributed by atoms with Crippen molar-refractivity contribution in [3.05, 3.63) is 47.5 Å². The molecule has 1 fully saturated rings. The third kappa shape index (κ3) is 3.53. The topological polar surface area (TPSA) is 91.6 Å². The van der Waals surface area contributed by atoms with E-state index < -0.39 is 0 Å². The van der Waals surface area contributed by atoms with Gasteiger partial charge in [0.25, 0.3) is 0 Å². The molecule has 1 N–H and O–H groups in total. The summed E-state index contributed by atoms with van der Waals surface area (Å²) in [6, 6.07) is 10.9. The fourth-order valence-corrected chi connectivity index (χ4v) is 3.37. The molecule has 0 radical (unpaired) electrons. The zero-order chi connectivity index (χ0) is 19.7. The molecule has 2 heterocycles. The summed E-state index contributed by atoms with van der Waals surface area (Å²) in [6.07, 6.45) is 1.44. The van der Waals surface area contributed by atoms with Crippen molar-refractivity contribution in [3.8, 4) is 0 Å². The average molecular weight is 379 g/mol. The Balaban J connectivity index is 1.45. The van der Waals surface area contributed by atoms with Gasteiger partial charge in [0.15, 0.2) is 0 Å². The summed E-state index contributed by atoms with van der Waals surface area (Å²) in [5.74, 6) is 0.126. The predicted molar refractivity (Wildman–Crippen MR) is 105 cm³/mol. The van der Waals surface area contributed by atoms with Crippen LogP contribution in [-0.2, 0) is 11.3 Å². The van der Waals surface area contributed by atoms with Crippen molar-refractivity contribution in [2.45, 2.75) is 26.3 Å². The summed E-state index contributed by atoms with van der Waals surface area (Å²) in [6.45, 7) is 3.10. The van der Waals surface area contributed by atoms with E-state index >= 15 is 0 Å². The van der Waals surface area contributed by atoms with Crippen molar-refractivity contribution in [1.29, 1.82) is 0 Å². The molecular formula is C20H21N5O3. The van der Waals surface area contributed by atoms with Crippen molar-refractivity contribution in [2.24, 2.45) is 0 Å². The lowest BCUT2D eigenvalue weighted by molar-refractivity contribution is -0.117. The monoisotopic (exact) mass is 379 g/mol. The van der Waals surface area contributed by atoms with Gasteiger partial charge in [-0.1, -0.05) is 12.1 Å². The van der Waals surface area contributed by atoms with Crippen LogP contribution in [0.25, 0.3) is 11.0 Å². The molecule has 0 unspecified atom stereocenters. The van der Waals surface area contributed by atoms with Crippen molar-refractivity contribution < 1.29 is 14.2 Å². The van der Waals surface area contributed by atoms with Crippen LogP contribution in [0.4, 0.5) is 16.2 Å². The molecule has 0 bridgehead atoms. The van der Waals surface area contributed by atoms with Gasteiger partial charge in [-0.05, 0) is 59.1 Å². The van der Waals surface area contributed by atoms with Gasteiger partial charge in [0.05, 0.1) is 0 Å². The van der Waals surface area contributed by atoms with Gasteiger partial charge in [-0.15, -0.1) is 0 Å². The van der Waals surface area contributed by atoms with E-state index in [2.05, 4.69) is 15.6 Å². The first-order valence-corrected chi connectivity index (χ1v) is 9.15. The number of aryl methyl sites for hydroxylation is 1. The van der Waals surface area contributed by atoms with Crippen LogP contribution < -0.4 is 10.2 Å². The second kappa shape index (κ2) is 7.30. The lowest BCUT2D eigenvalue weighted by Gasteiger charge is -2.21. The molecule has 1 aliphatic heterocycles. The summed E-state index contributed by atoms with van der Waals surface area (Å²) in [5, 5.41) is 10.5. The zero-order valence-electron chi connectivity index (χ0n) is 15.8. The van der Waals surface area contributed by atoms with Crippen LogP contribution in [0.5, 0.6) is 0 Å². The van der Waals surface area contributed by atoms with Gasteiger partial charge in [-0.3, -0.25) is 4.79 Å². The fraction of sp³-hybridized carbons (Fsp3) is 0.300. The number of carbonyl (C=O) groups excluding carboxylic acids is 2. The molecule has 8 heteroatoms. The minimum atomic E-state index is -0.235. The minimum absolute atomic E-state index is 0.126. The maximum atomic E-state index is 12.6. The summed E-state index contributed by atoms with van der Waals surface area (Å²) in [7, 11) is 1.72. The average Bonchev–Trinajstić information content (AvgIpc) is 3.31. The molecule has 1 saturated heterocycles. The first-order valence-electron chi connectivity index (χ1n) is 9.15. The molecular weight excluding hydrogens is 358 g/mol. The highest BCUT2D eigenvalue weighted by molar-refractivity contribution is 5.97. The molecule has 3 amide bonds. The standard InChI is InChI=1S/C20H21N5O3/c1-13-5-7-15(11-18(13)25-9-3-4-19(25)26)21-20(27)24(2)12-14-6-8-16-17(10-14)23-28-22-16/h5-8,10-11H,3-4,9,12H2,1-2H3,(H,21,27). The molecule has 1 aliphatic rings. The molecule has 0 aliphatic carbocycles. The number of anilines is 2. The first-order chi connectivity index (χ1) is 13.5. The Kier molecular flexibility index (Phi) is 4.68. The van der Waals surface area contributed by atoms with Gasteiger partial charge in [-0.2, -0.15) is 0 Å². The highest BCUT2D eigenvalue weighted by Gasteiger charge is 2.23. The van der Waals surface area contributed by atoms with E-state index in [9.17, 15) is 9.59 Å². The number of amides is 3. The number of carbonyl (C=O) groups is 2. The minimum Gasteiger partial charge on any atom is -0.323 e. The maximum absolute atomic E-state index is 12.6. The van der Waals surface area contributed by atoms with Crippen LogP contribution in [0, 0.1) is 6.92 Å². The van der Waals surface area contributed by atoms with Gasteiger partial charge in [0.1, 0.15) is 11.0 Å². The quantitative estimate of drug-likeness (QED) is 0.751. The van der Waals surface area contributed by atoms with Crippen LogP contribution in [0.3, 0.4) is 0 Å². The smallest absolute Gasteiger partial charge is 0.321 e. The highest BCUT2D eigenvalue weighted by atomic mass is 16.6. The third-order valence-electron chi connectivity index (χ3n) is 4.91. The first kappa shape index (κ1) is 18.0. The number of hydrogen-bond acceptors (Lipinski definition) is 5. The number of hydrogen-bond donors (Lipinski definition) is 1. The Morgan fingerprint density at radius 1 is 1.21 bits per heavy atom. The highest BCUT2D eigenvalue weighted by Crippen LogP contribution is 2.28. The molecule has 2 aromatic carbocycles. The van der Waals surface area contributed by atoms with Crippen LogP contribution >= 0.6 is 0 Å². The lowest BCUT2D eigenvalue weighted by atomic mass is 10.1. The Morgan fingerprint density at radius 3 is 2.82 bits per heavy atom. The number of aromatic nitrogens is 2. The van der Waals surface area contributed by atoms with Crippen molar-refractivity contribution in [3.63, 3.8) is 0 Å². The molecule has 0 spiro atoms. The summed E-state index contributed by atoms with van der Waals surface area (Å²) in [5.41, 5.74) is 4.79. The van der Waals surface area contributed by atoms with Gasteiger partial charge in [0.2, 0.25) is 5.91 Å². The van der Waals surface area contributed by atoms with Gasteiger partial charge >= 0.3 is 6.03 Å². The molecule has 28 heavy (non-hydrogen) atoms. The Bertz CT molecular complexity index is 1050. The Morgan fingerprint density at radius 2 is 2.04 bits per heavy atom. The number of fused-ring (bicyclic) bond motifs is 1. The molecule has 3 aromatic rings. The number of nitrogens with one attached hydrogen (secondary N) is 1. The summed E-state index contributed by atoms with van der Waals surface area (Å²) >= 11 is 0. The van der Waals surface area contributed by atoms with Crippen molar-refractivity contribution in [2.75, 3.05) is 23.8 Å². The van der Waals surface area contributed by atoms with E-state index in [1.165, 1.54) is 0 Å². The largest absolute Gasteiger partial charge is 0.323 e. The fourth-order valence-electron chi connectivity index (χ4n) is 3.37. The van der Waals surface area contributed by atoms with Crippen LogP contribution in [-0.4, -0.2) is 40.7 Å². The SMILES string of the molecule is Cc1ccc(NC(=O)N(C)Cc2ccc3nonc3c2)cc1N1CCCC1=O. The van der Waals surface area contributed by atoms with Gasteiger partial charge < -0.3 is 15.1 Å². The molecule has 8 nitrogen and oxygen atoms in total. The van der Waals surface area contributed by atoms with E-state index in [0.717, 1.165) is 29.8 Å². The van der Waals surface area contributed by atoms with Crippen LogP contribution in [0.2, 0.25) is 0 Å². The van der Waals surface area contributed by atoms with E-state index in [-0.39, 0.29) is 11.9 Å². The third-order valence-corrected chi connectivity index (χ3v) is 4.91. The zero-order valence-corrected chi connectivity index (χ0v) is 15.8. The number of urea groups is 1. The summed E-state index contributed by atoms with van der Waals surface area (Å²) in [4.78, 5) is 28.0. The molecule has 1 aromatic heterocycles. The second-order valence-electron chi connectivity index (χ2n) is 7.02. The van der Waals surface area contributed by atoms with Crippen LogP contribution in [0.1, 0.15) is 24.0 Å². The molecule has 0 atom stereocenters. The van der Waals surface area contributed by atoms with Gasteiger partial charge in [-0.25, -0.2) is 9.42 Å². The number of nitrogens with zero attached hydrogens (tertiary/aromatic N) is 4. The molecule has 144 valence electrons. The molecule has 4 rings (SSSR count). The van der Waals surface area contributed by atoms with E-state index in [4.69, 9.17) is 4.63 Å². The Hall–Kier alpha value is -3.42. The normalized spacial score (nSPS) is 13.9. The lowest BCUT2D eigenvalue weighted by Crippen LogP contribution is -2.31. The van der Waals surface area contributed by atoms with E-state index in [0.29, 0.717) is 29.7 Å². The second-order valence-corrected chi connectivity index (χ2v) is 7.02. The summed E-state index contributed by atoms with van der Waals surface area (Å²) < 4.78 is 4.70. The maximum Gasteiger partial charge on any atom is 0.321 e. The molecule has 0 saturated carbocycles. The number of rotatable bonds is 4. The van der Waals surface area contributed by atoms with Gasteiger partial charge in [0, 0.05) is 37.9 Å².